The third-order valence-electron chi connectivity index (χ3n) is 5.66. The van der Waals surface area contributed by atoms with E-state index in [1.807, 2.05) is 12.1 Å². The lowest BCUT2D eigenvalue weighted by Crippen LogP contribution is -2.62. The van der Waals surface area contributed by atoms with E-state index < -0.39 is 66.2 Å². The maximum atomic E-state index is 12.9. The number of aliphatic carboxylic acids is 1. The van der Waals surface area contributed by atoms with Crippen LogP contribution in [0.4, 0.5) is 0 Å². The number of rotatable bonds is 12. The van der Waals surface area contributed by atoms with Gasteiger partial charge in [-0.3, -0.25) is 14.4 Å². The molecular formula is C23H33N5O8. The molecule has 13 nitrogen and oxygen atoms in total. The predicted molar refractivity (Wildman–Crippen MR) is 128 cm³/mol. The van der Waals surface area contributed by atoms with Gasteiger partial charge in [0.25, 0.3) is 0 Å². The van der Waals surface area contributed by atoms with E-state index in [2.05, 4.69) is 20.9 Å². The number of hydrogen-bond donors (Lipinski definition) is 9. The molecule has 1 heterocycles. The van der Waals surface area contributed by atoms with Crippen LogP contribution in [0.2, 0.25) is 0 Å². The van der Waals surface area contributed by atoms with Crippen molar-refractivity contribution in [3.8, 4) is 0 Å². The lowest BCUT2D eigenvalue weighted by Gasteiger charge is -2.27. The van der Waals surface area contributed by atoms with Gasteiger partial charge in [0, 0.05) is 23.5 Å². The first kappa shape index (κ1) is 28.7. The minimum atomic E-state index is -1.61. The molecule has 0 saturated heterocycles. The van der Waals surface area contributed by atoms with Gasteiger partial charge in [0.05, 0.1) is 18.3 Å². The molecule has 198 valence electrons. The van der Waals surface area contributed by atoms with Crippen molar-refractivity contribution in [2.45, 2.75) is 69.7 Å². The lowest BCUT2D eigenvalue weighted by atomic mass is 10.0. The number of aromatic amines is 1. The first-order valence-electron chi connectivity index (χ1n) is 11.3. The van der Waals surface area contributed by atoms with Gasteiger partial charge in [0.1, 0.15) is 24.2 Å². The summed E-state index contributed by atoms with van der Waals surface area (Å²) in [5.41, 5.74) is 6.97. The van der Waals surface area contributed by atoms with Gasteiger partial charge in [-0.15, -0.1) is 0 Å². The third-order valence-corrected chi connectivity index (χ3v) is 5.66. The molecule has 0 radical (unpaired) electrons. The number of amides is 3. The normalized spacial score (nSPS) is 17.2. The fourth-order valence-corrected chi connectivity index (χ4v) is 3.50. The number of carbonyl (C=O) groups excluding carboxylic acids is 3. The molecular weight excluding hydrogens is 474 g/mol. The highest BCUT2D eigenvalue weighted by atomic mass is 16.4. The Morgan fingerprint density at radius 2 is 1.39 bits per heavy atom. The van der Waals surface area contributed by atoms with Crippen LogP contribution in [0.15, 0.2) is 30.5 Å². The number of nitrogens with one attached hydrogen (secondary N) is 4. The summed E-state index contributed by atoms with van der Waals surface area (Å²) >= 11 is 0. The van der Waals surface area contributed by atoms with E-state index >= 15 is 0 Å². The van der Waals surface area contributed by atoms with Gasteiger partial charge in [0.2, 0.25) is 17.7 Å². The number of aliphatic hydroxyl groups is 3. The molecule has 2 aromatic rings. The number of fused-ring (bicyclic) bond motifs is 1. The summed E-state index contributed by atoms with van der Waals surface area (Å²) in [6.07, 6.45) is -2.56. The SMILES string of the molecule is CC(O)C(N)C(=O)NC(C(=O)NC(C(=O)NC(Cc1c[nH]c2ccccc12)C(=O)O)C(C)O)C(C)O. The highest BCUT2D eigenvalue weighted by Gasteiger charge is 2.35. The van der Waals surface area contributed by atoms with Crippen LogP contribution in [0.5, 0.6) is 0 Å². The number of hydrogen-bond acceptors (Lipinski definition) is 8. The van der Waals surface area contributed by atoms with E-state index in [0.717, 1.165) is 10.9 Å². The standard InChI is InChI=1S/C23H33N5O8/c1-10(29)17(24)20(32)27-19(12(3)31)22(34)28-18(11(2)30)21(33)26-16(23(35)36)8-13-9-25-15-7-5-4-6-14(13)15/h4-7,9-12,16-19,25,29-31H,8,24H2,1-3H3,(H,26,33)(H,27,32)(H,28,34)(H,35,36). The Kier molecular flexibility index (Phi) is 9.93. The van der Waals surface area contributed by atoms with E-state index in [4.69, 9.17) is 5.73 Å². The summed E-state index contributed by atoms with van der Waals surface area (Å²) in [7, 11) is 0. The third kappa shape index (κ3) is 7.24. The van der Waals surface area contributed by atoms with E-state index in [1.54, 1.807) is 18.3 Å². The first-order chi connectivity index (χ1) is 16.8. The molecule has 36 heavy (non-hydrogen) atoms. The van der Waals surface area contributed by atoms with Crippen LogP contribution in [0, 0.1) is 0 Å². The molecule has 0 spiro atoms. The van der Waals surface area contributed by atoms with Crippen molar-refractivity contribution >= 4 is 34.6 Å². The second-order valence-electron chi connectivity index (χ2n) is 8.68. The van der Waals surface area contributed by atoms with Crippen LogP contribution in [0.25, 0.3) is 10.9 Å². The maximum absolute atomic E-state index is 12.9. The first-order valence-corrected chi connectivity index (χ1v) is 11.3. The van der Waals surface area contributed by atoms with Crippen LogP contribution < -0.4 is 21.7 Å². The second-order valence-corrected chi connectivity index (χ2v) is 8.68. The van der Waals surface area contributed by atoms with Crippen molar-refractivity contribution in [3.05, 3.63) is 36.0 Å². The molecule has 1 aromatic heterocycles. The molecule has 0 aliphatic heterocycles. The van der Waals surface area contributed by atoms with Crippen LogP contribution in [0.3, 0.4) is 0 Å². The average Bonchev–Trinajstić information content (AvgIpc) is 3.21. The van der Waals surface area contributed by atoms with Crippen molar-refractivity contribution in [2.24, 2.45) is 5.73 Å². The summed E-state index contributed by atoms with van der Waals surface area (Å²) < 4.78 is 0. The van der Waals surface area contributed by atoms with Gasteiger partial charge < -0.3 is 47.1 Å². The zero-order valence-corrected chi connectivity index (χ0v) is 20.1. The Labute approximate surface area is 207 Å². The fraction of sp³-hybridized carbons (Fsp3) is 0.478. The van der Waals surface area contributed by atoms with Gasteiger partial charge in [-0.2, -0.15) is 0 Å². The molecule has 10 N–H and O–H groups in total. The largest absolute Gasteiger partial charge is 0.480 e. The smallest absolute Gasteiger partial charge is 0.326 e. The van der Waals surface area contributed by atoms with Crippen molar-refractivity contribution in [1.29, 1.82) is 0 Å². The van der Waals surface area contributed by atoms with E-state index in [1.165, 1.54) is 20.8 Å². The van der Waals surface area contributed by atoms with Gasteiger partial charge >= 0.3 is 5.97 Å². The van der Waals surface area contributed by atoms with Gasteiger partial charge in [-0.25, -0.2) is 4.79 Å². The minimum Gasteiger partial charge on any atom is -0.480 e. The summed E-state index contributed by atoms with van der Waals surface area (Å²) in [6.45, 7) is 3.68. The molecule has 0 aliphatic carbocycles. The topological polar surface area (TPSA) is 227 Å². The molecule has 7 unspecified atom stereocenters. The number of carboxylic acids is 1. The molecule has 0 saturated carbocycles. The van der Waals surface area contributed by atoms with Gasteiger partial charge in [-0.05, 0) is 32.4 Å². The molecule has 0 fully saturated rings. The summed E-state index contributed by atoms with van der Waals surface area (Å²) in [4.78, 5) is 52.7. The molecule has 7 atom stereocenters. The quantitative estimate of drug-likeness (QED) is 0.150. The minimum absolute atomic E-state index is 0.0743. The van der Waals surface area contributed by atoms with Crippen LogP contribution >= 0.6 is 0 Å². The number of H-pyrrole nitrogens is 1. The number of benzene rings is 1. The number of para-hydroxylation sites is 1. The summed E-state index contributed by atoms with van der Waals surface area (Å²) in [6, 6.07) is 1.28. The van der Waals surface area contributed by atoms with Crippen molar-refractivity contribution < 1.29 is 39.6 Å². The van der Waals surface area contributed by atoms with Crippen molar-refractivity contribution in [3.63, 3.8) is 0 Å². The predicted octanol–water partition coefficient (Wildman–Crippen LogP) is -2.28. The maximum Gasteiger partial charge on any atom is 0.326 e. The Bertz CT molecular complexity index is 1080. The monoisotopic (exact) mass is 507 g/mol. The zero-order chi connectivity index (χ0) is 27.2. The number of carboxylic acid groups (broad SMARTS) is 1. The number of carbonyl (C=O) groups is 4. The van der Waals surface area contributed by atoms with Gasteiger partial charge in [0.15, 0.2) is 0 Å². The van der Waals surface area contributed by atoms with Crippen LogP contribution in [-0.2, 0) is 25.6 Å². The molecule has 2 rings (SSSR count). The number of nitrogens with two attached hydrogens (primary N) is 1. The van der Waals surface area contributed by atoms with Crippen molar-refractivity contribution in [2.75, 3.05) is 0 Å². The van der Waals surface area contributed by atoms with Crippen LogP contribution in [-0.4, -0.2) is 91.6 Å². The zero-order valence-electron chi connectivity index (χ0n) is 20.1. The number of aliphatic hydroxyl groups excluding tert-OH is 3. The molecule has 13 heteroatoms. The van der Waals surface area contributed by atoms with E-state index in [0.29, 0.717) is 5.56 Å². The highest BCUT2D eigenvalue weighted by molar-refractivity contribution is 5.95. The average molecular weight is 508 g/mol. The molecule has 1 aromatic carbocycles. The van der Waals surface area contributed by atoms with Crippen LogP contribution in [0.1, 0.15) is 26.3 Å². The molecule has 0 bridgehead atoms. The van der Waals surface area contributed by atoms with Gasteiger partial charge in [-0.1, -0.05) is 18.2 Å². The Hall–Kier alpha value is -3.52. The molecule has 3 amide bonds. The Morgan fingerprint density at radius 3 is 1.92 bits per heavy atom. The molecule has 0 aliphatic rings. The van der Waals surface area contributed by atoms with E-state index in [9.17, 15) is 39.6 Å². The second kappa shape index (κ2) is 12.4. The fourth-order valence-electron chi connectivity index (χ4n) is 3.50. The summed E-state index contributed by atoms with van der Waals surface area (Å²) in [5.74, 6) is -4.26. The summed E-state index contributed by atoms with van der Waals surface area (Å²) in [5, 5.41) is 46.7. The number of aromatic nitrogens is 1. The van der Waals surface area contributed by atoms with Crippen molar-refractivity contribution in [1.82, 2.24) is 20.9 Å². The Balaban J connectivity index is 2.15. The highest BCUT2D eigenvalue weighted by Crippen LogP contribution is 2.19. The Morgan fingerprint density at radius 1 is 0.861 bits per heavy atom. The lowest BCUT2D eigenvalue weighted by molar-refractivity contribution is -0.143. The van der Waals surface area contributed by atoms with E-state index in [-0.39, 0.29) is 6.42 Å².